The number of benzene rings is 4. The first-order valence-electron chi connectivity index (χ1n) is 38.0. The number of fused-ring (bicyclic) bond motifs is 4. The van der Waals surface area contributed by atoms with E-state index >= 15 is 0 Å². The van der Waals surface area contributed by atoms with Gasteiger partial charge in [-0.3, -0.25) is 4.99 Å². The second kappa shape index (κ2) is 36.6. The first kappa shape index (κ1) is 89.8. The minimum atomic E-state index is -0.667. The maximum Gasteiger partial charge on any atom is 0.527 e. The van der Waals surface area contributed by atoms with Gasteiger partial charge >= 0.3 is 42.1 Å². The zero-order chi connectivity index (χ0) is 79.4. The predicted molar refractivity (Wildman–Crippen MR) is 445 cm³/mol. The summed E-state index contributed by atoms with van der Waals surface area (Å²) in [6.45, 7) is 74.1. The highest BCUT2D eigenvalue weighted by molar-refractivity contribution is 6.68. The Morgan fingerprint density at radius 1 is 0.486 bits per heavy atom. The normalized spacial score (nSPS) is 17.9. The maximum absolute atomic E-state index is 9.32. The molecule has 17 nitrogen and oxygen atoms in total. The molecule has 0 amide bonds. The van der Waals surface area contributed by atoms with Crippen LogP contribution in [0.15, 0.2) is 122 Å². The van der Waals surface area contributed by atoms with Gasteiger partial charge in [0.25, 0.3) is 6.92 Å². The molecule has 0 bridgehead atoms. The van der Waals surface area contributed by atoms with Crippen LogP contribution in [0.2, 0.25) is 33.6 Å². The van der Waals surface area contributed by atoms with E-state index in [-0.39, 0.29) is 64.1 Å². The third-order valence-electron chi connectivity index (χ3n) is 18.7. The van der Waals surface area contributed by atoms with Gasteiger partial charge in [-0.1, -0.05) is 274 Å². The largest absolute Gasteiger partial charge is 0.549 e. The second-order valence-corrected chi connectivity index (χ2v) is 38.2. The summed E-state index contributed by atoms with van der Waals surface area (Å²) in [5.41, 5.74) is 17.9. The number of nitrogens with one attached hydrogen (secondary N) is 1. The summed E-state index contributed by atoms with van der Waals surface area (Å²) in [6.07, 6.45) is 6.96. The van der Waals surface area contributed by atoms with E-state index in [4.69, 9.17) is 37.4 Å². The number of rotatable bonds is 0. The van der Waals surface area contributed by atoms with Crippen LogP contribution in [0.25, 0.3) is 0 Å². The van der Waals surface area contributed by atoms with Crippen molar-refractivity contribution in [1.29, 1.82) is 0 Å². The molecule has 4 aromatic rings. The van der Waals surface area contributed by atoms with E-state index < -0.39 is 21.4 Å². The molecule has 1 saturated heterocycles. The summed E-state index contributed by atoms with van der Waals surface area (Å²) in [5.74, 6) is 4.71. The van der Waals surface area contributed by atoms with Crippen LogP contribution in [0.1, 0.15) is 238 Å². The van der Waals surface area contributed by atoms with Gasteiger partial charge in [-0.05, 0) is 132 Å². The highest BCUT2D eigenvalue weighted by Crippen LogP contribution is 2.36. The number of aliphatic imine (C=N–C) groups is 3. The Morgan fingerprint density at radius 3 is 1.30 bits per heavy atom. The van der Waals surface area contributed by atoms with Gasteiger partial charge in [0.15, 0.2) is 18.4 Å². The van der Waals surface area contributed by atoms with E-state index in [2.05, 4.69) is 293 Å². The van der Waals surface area contributed by atoms with E-state index in [0.717, 1.165) is 65.3 Å². The summed E-state index contributed by atoms with van der Waals surface area (Å²) in [5, 5.41) is 35.5. The SMILES string of the molecule is C=C1N=C(C(C)(C)C)NO1.CB1CCC(C(C)(C)C)O1.CB1CN=C(C(C)(C)C)O1.CB1OCc2cc(C(C)(C)C)ccc21.CB1OCc2ccc(C(C)(C)C)cc21.CC(C)(C)C1=CCOB1O.CC(C)(C)C1=NCN=N1.CC(C)(C)c1ccc2c(c1)OB(O)C2.CC(C)(C)c1ccc2c(c1)OB(O)C2. The van der Waals surface area contributed by atoms with Crippen molar-refractivity contribution in [3.05, 3.63) is 141 Å². The molecule has 9 aliphatic rings. The Kier molecular flexibility index (Phi) is 31.3. The molecule has 0 aliphatic carbocycles. The van der Waals surface area contributed by atoms with Crippen LogP contribution < -0.4 is 25.7 Å². The van der Waals surface area contributed by atoms with Gasteiger partial charge in [-0.2, -0.15) is 10.1 Å². The van der Waals surface area contributed by atoms with E-state index in [9.17, 15) is 15.1 Å². The lowest BCUT2D eigenvalue weighted by molar-refractivity contribution is 0.106. The molecule has 0 spiro atoms. The number of hydrogen-bond acceptors (Lipinski definition) is 17. The Labute approximate surface area is 637 Å². The Bertz CT molecular complexity index is 3600. The minimum absolute atomic E-state index is 0.0133. The Morgan fingerprint density at radius 2 is 0.962 bits per heavy atom. The molecule has 1 atom stereocenters. The van der Waals surface area contributed by atoms with Crippen LogP contribution in [-0.4, -0.2) is 107 Å². The van der Waals surface area contributed by atoms with Gasteiger partial charge in [0.1, 0.15) is 17.3 Å². The minimum Gasteiger partial charge on any atom is -0.549 e. The molecular formula is C81H131B7N6O11. The van der Waals surface area contributed by atoms with Gasteiger partial charge in [-0.25, -0.2) is 10.5 Å². The monoisotopic (exact) mass is 1440 g/mol. The van der Waals surface area contributed by atoms with Crippen molar-refractivity contribution >= 4 is 77.5 Å². The molecule has 0 saturated carbocycles. The number of nitrogens with zero attached hydrogens (tertiary/aromatic N) is 5. The van der Waals surface area contributed by atoms with Gasteiger partial charge in [-0.15, -0.1) is 5.11 Å². The average molecular weight is 1440 g/mol. The van der Waals surface area contributed by atoms with Crippen molar-refractivity contribution in [3.8, 4) is 11.5 Å². The van der Waals surface area contributed by atoms with Crippen LogP contribution in [0, 0.1) is 27.1 Å². The maximum atomic E-state index is 9.32. The van der Waals surface area contributed by atoms with Gasteiger partial charge in [0.05, 0.1) is 19.7 Å². The molecule has 13 rings (SSSR count). The second-order valence-electron chi connectivity index (χ2n) is 38.2. The third kappa shape index (κ3) is 28.6. The van der Waals surface area contributed by atoms with Gasteiger partial charge in [0, 0.05) is 41.6 Å². The molecular weight excluding hydrogens is 1310 g/mol. The van der Waals surface area contributed by atoms with Crippen molar-refractivity contribution in [3.63, 3.8) is 0 Å². The van der Waals surface area contributed by atoms with Crippen LogP contribution >= 0.6 is 0 Å². The number of hydrogen-bond donors (Lipinski definition) is 4. The zero-order valence-electron chi connectivity index (χ0n) is 70.5. The molecule has 4 N–H and O–H groups in total. The highest BCUT2D eigenvalue weighted by atomic mass is 16.7. The first-order valence-corrected chi connectivity index (χ1v) is 38.0. The van der Waals surface area contributed by atoms with Crippen molar-refractivity contribution < 1.29 is 52.5 Å². The quantitative estimate of drug-likeness (QED) is 0.121. The van der Waals surface area contributed by atoms with Crippen LogP contribution in [0.3, 0.4) is 0 Å². The summed E-state index contributed by atoms with van der Waals surface area (Å²) >= 11 is 0. The summed E-state index contributed by atoms with van der Waals surface area (Å²) in [4.78, 5) is 17.3. The fourth-order valence-electron chi connectivity index (χ4n) is 11.8. The van der Waals surface area contributed by atoms with E-state index in [0.29, 0.717) is 50.2 Å². The first-order chi connectivity index (χ1) is 48.0. The molecule has 9 aliphatic heterocycles. The topological polar surface area (TPSA) is 208 Å². The summed E-state index contributed by atoms with van der Waals surface area (Å²) in [7, 11) is -1.97. The Hall–Kier alpha value is -5.86. The summed E-state index contributed by atoms with van der Waals surface area (Å²) < 4.78 is 37.9. The number of hydroxylamine groups is 1. The van der Waals surface area contributed by atoms with E-state index in [1.807, 2.05) is 37.2 Å². The molecule has 1 unspecified atom stereocenters. The van der Waals surface area contributed by atoms with Crippen LogP contribution in [0.4, 0.5) is 0 Å². The molecule has 572 valence electrons. The number of amidine groups is 2. The predicted octanol–water partition coefficient (Wildman–Crippen LogP) is 16.9. The fraction of sp³-hybridized carbons (Fsp3) is 0.617. The van der Waals surface area contributed by atoms with Crippen molar-refractivity contribution in [2.24, 2.45) is 52.3 Å². The average Bonchev–Trinajstić information content (AvgIpc) is 1.78. The van der Waals surface area contributed by atoms with E-state index in [1.54, 1.807) is 0 Å². The van der Waals surface area contributed by atoms with Crippen molar-refractivity contribution in [2.75, 3.05) is 19.7 Å². The summed E-state index contributed by atoms with van der Waals surface area (Å²) in [6, 6.07) is 25.8. The molecule has 9 heterocycles. The number of azo groups is 1. The fourth-order valence-corrected chi connectivity index (χ4v) is 11.8. The lowest BCUT2D eigenvalue weighted by Crippen LogP contribution is -2.30. The molecule has 24 heteroatoms. The zero-order valence-corrected chi connectivity index (χ0v) is 70.5. The molecule has 105 heavy (non-hydrogen) atoms. The van der Waals surface area contributed by atoms with Gasteiger partial charge in [0.2, 0.25) is 5.88 Å². The molecule has 4 aromatic carbocycles. The van der Waals surface area contributed by atoms with Gasteiger partial charge < -0.3 is 52.5 Å². The van der Waals surface area contributed by atoms with Crippen LogP contribution in [-0.2, 0) is 75.6 Å². The number of allylic oxidation sites excluding steroid dienone is 1. The standard InChI is InChI=1S/2C12H17BO.2C11H15BO2.C8H17BO.C7H14BNO.C7H13BO2.C7H12N2O.C6H11N3/c1-12(2,3)10-5-6-11-9(7-10)8-14-13(11)4;1-12(2,3)10-6-5-9-8-14-13(4)11(9)7-10;2*1-11(2,3)9-5-4-8-7-12(13)14-10(8)6-9;1-8(2,3)7-5-6-9(4)10-7;1-7(2,3)6-9-5-8(4)10-6;1-7(2,3)6-4-5-10-8(6)9;1-5-8-6(9-10-5)7(2,3)4;1-6(2,3)5-7-4-8-9-5/h2*5-7H,8H2,1-4H3;2*4-6,13H,7H2,1-3H3;7H,5-6H2,1-4H3;5H2,1-4H3;4,9H,5H2,1-3H3;1H2,2-4H3,(H,8,9);4H2,1-3H3. The lowest BCUT2D eigenvalue weighted by atomic mass is 9.63. The smallest absolute Gasteiger partial charge is 0.527 e. The van der Waals surface area contributed by atoms with E-state index in [1.165, 1.54) is 57.0 Å². The molecule has 0 aromatic heterocycles. The molecule has 0 radical (unpaired) electrons. The lowest BCUT2D eigenvalue weighted by Gasteiger charge is -2.27. The van der Waals surface area contributed by atoms with Crippen molar-refractivity contribution in [1.82, 2.24) is 5.48 Å². The third-order valence-corrected chi connectivity index (χ3v) is 18.7. The Balaban J connectivity index is 0.000000213. The highest BCUT2D eigenvalue weighted by Gasteiger charge is 2.36. The van der Waals surface area contributed by atoms with Crippen LogP contribution in [0.5, 0.6) is 11.5 Å². The van der Waals surface area contributed by atoms with Crippen molar-refractivity contribution in [2.45, 2.75) is 281 Å². The molecule has 1 fully saturated rings.